The molecule has 2 heteroatoms. The lowest BCUT2D eigenvalue weighted by molar-refractivity contribution is 1.16. The molecule has 0 saturated heterocycles. The first kappa shape index (κ1) is 9.52. The molecule has 0 radical (unpaired) electrons. The van der Waals surface area contributed by atoms with Crippen molar-refractivity contribution in [1.29, 1.82) is 0 Å². The van der Waals surface area contributed by atoms with Crippen molar-refractivity contribution in [1.82, 2.24) is 0 Å². The number of nitrogens with two attached hydrogens (primary N) is 1. The Balaban J connectivity index is 2.96. The summed E-state index contributed by atoms with van der Waals surface area (Å²) in [7, 11) is 0. The molecule has 0 unspecified atom stereocenters. The van der Waals surface area contributed by atoms with Crippen LogP contribution in [0.1, 0.15) is 13.8 Å². The smallest absolute Gasteiger partial charge is 0.0699 e. The summed E-state index contributed by atoms with van der Waals surface area (Å²) in [6.45, 7) is 7.60. The van der Waals surface area contributed by atoms with Crippen molar-refractivity contribution in [2.24, 2.45) is 10.7 Å². The van der Waals surface area contributed by atoms with Crippen LogP contribution in [0.3, 0.4) is 0 Å². The quantitative estimate of drug-likeness (QED) is 0.651. The molecule has 0 bridgehead atoms. The maximum atomic E-state index is 5.60. The molecule has 0 aromatic heterocycles. The zero-order chi connectivity index (χ0) is 9.84. The number of allylic oxidation sites excluding steroid dienone is 7. The Morgan fingerprint density at radius 1 is 1.31 bits per heavy atom. The van der Waals surface area contributed by atoms with Crippen LogP contribution in [0.15, 0.2) is 52.8 Å². The minimum absolute atomic E-state index is 0.739. The summed E-state index contributed by atoms with van der Waals surface area (Å²) < 4.78 is 0. The summed E-state index contributed by atoms with van der Waals surface area (Å²) in [5.41, 5.74) is 8.98. The molecule has 0 amide bonds. The molecular formula is C11H14N2. The number of aliphatic imine (C=N–C) groups is 1. The lowest BCUT2D eigenvalue weighted by atomic mass is 10.1. The molecule has 1 aliphatic rings. The Morgan fingerprint density at radius 2 is 1.92 bits per heavy atom. The summed E-state index contributed by atoms with van der Waals surface area (Å²) >= 11 is 0. The van der Waals surface area contributed by atoms with Crippen molar-refractivity contribution in [3.05, 3.63) is 47.9 Å². The molecular weight excluding hydrogens is 160 g/mol. The third kappa shape index (κ3) is 2.44. The van der Waals surface area contributed by atoms with Crippen molar-refractivity contribution < 1.29 is 0 Å². The molecule has 2 N–H and O–H groups in total. The fourth-order valence-electron chi connectivity index (χ4n) is 0.889. The van der Waals surface area contributed by atoms with Gasteiger partial charge >= 0.3 is 0 Å². The van der Waals surface area contributed by atoms with Crippen LogP contribution in [0.5, 0.6) is 0 Å². The minimum atomic E-state index is 0.739. The van der Waals surface area contributed by atoms with Crippen molar-refractivity contribution in [2.75, 3.05) is 0 Å². The van der Waals surface area contributed by atoms with E-state index in [4.69, 9.17) is 5.73 Å². The van der Waals surface area contributed by atoms with E-state index in [2.05, 4.69) is 11.6 Å². The predicted octanol–water partition coefficient (Wildman–Crippen LogP) is 2.32. The molecule has 0 heterocycles. The summed E-state index contributed by atoms with van der Waals surface area (Å²) in [6, 6.07) is 0. The highest BCUT2D eigenvalue weighted by atomic mass is 14.8. The Morgan fingerprint density at radius 3 is 2.46 bits per heavy atom. The zero-order valence-corrected chi connectivity index (χ0v) is 8.04. The van der Waals surface area contributed by atoms with Crippen LogP contribution in [-0.4, -0.2) is 5.71 Å². The van der Waals surface area contributed by atoms with Crippen molar-refractivity contribution in [3.8, 4) is 0 Å². The van der Waals surface area contributed by atoms with E-state index in [9.17, 15) is 0 Å². The van der Waals surface area contributed by atoms with E-state index in [-0.39, 0.29) is 0 Å². The monoisotopic (exact) mass is 174 g/mol. The third-order valence-corrected chi connectivity index (χ3v) is 1.85. The highest BCUT2D eigenvalue weighted by Crippen LogP contribution is 2.09. The van der Waals surface area contributed by atoms with Gasteiger partial charge in [-0.2, -0.15) is 0 Å². The van der Waals surface area contributed by atoms with Crippen LogP contribution < -0.4 is 5.73 Å². The molecule has 0 spiro atoms. The van der Waals surface area contributed by atoms with Crippen LogP contribution in [0.4, 0.5) is 0 Å². The standard InChI is InChI=1S/C11H14N2/c1-8-6-4-5-7-11(8)13-10(3)9(2)12/h4-7H,1,12H2,2-3H3/b10-9-,13-11?. The first-order valence-electron chi connectivity index (χ1n) is 4.17. The van der Waals surface area contributed by atoms with Crippen molar-refractivity contribution >= 4 is 5.71 Å². The maximum absolute atomic E-state index is 5.60. The van der Waals surface area contributed by atoms with Crippen molar-refractivity contribution in [2.45, 2.75) is 13.8 Å². The van der Waals surface area contributed by atoms with Gasteiger partial charge in [-0.25, -0.2) is 0 Å². The molecule has 2 nitrogen and oxygen atoms in total. The van der Waals surface area contributed by atoms with Gasteiger partial charge < -0.3 is 5.73 Å². The van der Waals surface area contributed by atoms with E-state index < -0.39 is 0 Å². The fourth-order valence-corrected chi connectivity index (χ4v) is 0.889. The van der Waals surface area contributed by atoms with Crippen LogP contribution in [0.2, 0.25) is 0 Å². The SMILES string of the molecule is C=C1C=CC=CC1=N/C(C)=C(/C)N. The van der Waals surface area contributed by atoms with Gasteiger partial charge in [0.05, 0.1) is 11.4 Å². The summed E-state index contributed by atoms with van der Waals surface area (Å²) in [5.74, 6) is 0. The molecule has 0 atom stereocenters. The van der Waals surface area contributed by atoms with E-state index in [0.717, 1.165) is 22.7 Å². The van der Waals surface area contributed by atoms with Crippen molar-refractivity contribution in [3.63, 3.8) is 0 Å². The van der Waals surface area contributed by atoms with Gasteiger partial charge in [-0.1, -0.05) is 24.8 Å². The van der Waals surface area contributed by atoms with E-state index in [1.165, 1.54) is 0 Å². The Kier molecular flexibility index (Phi) is 2.85. The lowest BCUT2D eigenvalue weighted by Crippen LogP contribution is -2.01. The first-order valence-corrected chi connectivity index (χ1v) is 4.17. The Hall–Kier alpha value is -1.57. The van der Waals surface area contributed by atoms with Gasteiger partial charge in [-0.05, 0) is 25.5 Å². The average Bonchev–Trinajstić information content (AvgIpc) is 2.08. The van der Waals surface area contributed by atoms with E-state index in [1.54, 1.807) is 0 Å². The fraction of sp³-hybridized carbons (Fsp3) is 0.182. The normalized spacial score (nSPS) is 20.8. The summed E-state index contributed by atoms with van der Waals surface area (Å²) in [6.07, 6.45) is 7.73. The second kappa shape index (κ2) is 3.90. The van der Waals surface area contributed by atoms with Crippen LogP contribution in [0.25, 0.3) is 0 Å². The number of nitrogens with zero attached hydrogens (tertiary/aromatic N) is 1. The topological polar surface area (TPSA) is 38.4 Å². The van der Waals surface area contributed by atoms with Gasteiger partial charge in [-0.15, -0.1) is 0 Å². The largest absolute Gasteiger partial charge is 0.401 e. The second-order valence-corrected chi connectivity index (χ2v) is 3.01. The third-order valence-electron chi connectivity index (χ3n) is 1.85. The van der Waals surface area contributed by atoms with Gasteiger partial charge in [0, 0.05) is 5.70 Å². The van der Waals surface area contributed by atoms with Gasteiger partial charge in [0.2, 0.25) is 0 Å². The summed E-state index contributed by atoms with van der Waals surface area (Å²) in [4.78, 5) is 4.35. The predicted molar refractivity (Wildman–Crippen MR) is 57.4 cm³/mol. The van der Waals surface area contributed by atoms with Crippen LogP contribution >= 0.6 is 0 Å². The Labute approximate surface area is 78.9 Å². The van der Waals surface area contributed by atoms with E-state index in [1.807, 2.05) is 38.2 Å². The van der Waals surface area contributed by atoms with Crippen LogP contribution in [-0.2, 0) is 0 Å². The van der Waals surface area contributed by atoms with Crippen LogP contribution in [0, 0.1) is 0 Å². The van der Waals surface area contributed by atoms with Gasteiger partial charge in [0.15, 0.2) is 0 Å². The molecule has 0 fully saturated rings. The average molecular weight is 174 g/mol. The molecule has 0 aromatic carbocycles. The number of hydrogen-bond donors (Lipinski definition) is 1. The van der Waals surface area contributed by atoms with E-state index in [0.29, 0.717) is 0 Å². The van der Waals surface area contributed by atoms with Gasteiger partial charge in [-0.3, -0.25) is 4.99 Å². The molecule has 13 heavy (non-hydrogen) atoms. The Bertz CT molecular complexity index is 337. The molecule has 68 valence electrons. The molecule has 0 saturated carbocycles. The maximum Gasteiger partial charge on any atom is 0.0699 e. The highest BCUT2D eigenvalue weighted by molar-refractivity contribution is 6.11. The first-order chi connectivity index (χ1) is 6.11. The molecule has 0 aromatic rings. The van der Waals surface area contributed by atoms with Gasteiger partial charge in [0.25, 0.3) is 0 Å². The minimum Gasteiger partial charge on any atom is -0.401 e. The summed E-state index contributed by atoms with van der Waals surface area (Å²) in [5, 5.41) is 0. The molecule has 1 rings (SSSR count). The lowest BCUT2D eigenvalue weighted by Gasteiger charge is -2.05. The van der Waals surface area contributed by atoms with Gasteiger partial charge in [0.1, 0.15) is 0 Å². The molecule has 0 aliphatic heterocycles. The number of rotatable bonds is 1. The molecule has 1 aliphatic carbocycles. The van der Waals surface area contributed by atoms with E-state index >= 15 is 0 Å². The number of hydrogen-bond acceptors (Lipinski definition) is 2. The second-order valence-electron chi connectivity index (χ2n) is 3.01. The highest BCUT2D eigenvalue weighted by Gasteiger charge is 2.01. The zero-order valence-electron chi connectivity index (χ0n) is 8.04.